The van der Waals surface area contributed by atoms with Gasteiger partial charge in [-0.15, -0.1) is 0 Å². The van der Waals surface area contributed by atoms with Crippen molar-refractivity contribution in [3.8, 4) is 0 Å². The number of hydrogen-bond donors (Lipinski definition) is 3. The molecule has 0 radical (unpaired) electrons. The number of hydrogen-bond acceptors (Lipinski definition) is 7. The van der Waals surface area contributed by atoms with E-state index in [9.17, 15) is 23.3 Å². The van der Waals surface area contributed by atoms with Crippen molar-refractivity contribution in [2.45, 2.75) is 24.4 Å². The Morgan fingerprint density at radius 3 is 2.59 bits per heavy atom. The van der Waals surface area contributed by atoms with Crippen molar-refractivity contribution in [3.63, 3.8) is 0 Å². The Morgan fingerprint density at radius 1 is 1.16 bits per heavy atom. The predicted molar refractivity (Wildman–Crippen MR) is 118 cm³/mol. The zero-order chi connectivity index (χ0) is 23.3. The van der Waals surface area contributed by atoms with Gasteiger partial charge in [0.25, 0.3) is 11.6 Å². The first kappa shape index (κ1) is 22.8. The number of nitro groups is 1. The Hall–Kier alpha value is -3.83. The van der Waals surface area contributed by atoms with Crippen LogP contribution in [0.15, 0.2) is 71.8 Å². The molecule has 11 heteroatoms. The molecular weight excluding hydrogens is 434 g/mol. The second-order valence-corrected chi connectivity index (χ2v) is 8.55. The Balaban J connectivity index is 1.75. The maximum absolute atomic E-state index is 12.5. The highest BCUT2D eigenvalue weighted by atomic mass is 32.2. The molecule has 0 aliphatic heterocycles. The lowest BCUT2D eigenvalue weighted by molar-refractivity contribution is -0.384. The largest absolute Gasteiger partial charge is 0.371 e. The van der Waals surface area contributed by atoms with Gasteiger partial charge in [-0.1, -0.05) is 18.2 Å². The van der Waals surface area contributed by atoms with Crippen molar-refractivity contribution in [1.29, 1.82) is 0 Å². The second-order valence-electron chi connectivity index (χ2n) is 6.98. The van der Waals surface area contributed by atoms with Gasteiger partial charge in [0.15, 0.2) is 0 Å². The van der Waals surface area contributed by atoms with Crippen molar-refractivity contribution in [2.24, 2.45) is 5.14 Å². The summed E-state index contributed by atoms with van der Waals surface area (Å²) in [6.45, 7) is 1.84. The molecule has 0 saturated carbocycles. The number of nitrogens with zero attached hydrogens (tertiary/aromatic N) is 2. The van der Waals surface area contributed by atoms with E-state index in [4.69, 9.17) is 5.14 Å². The smallest absolute Gasteiger partial charge is 0.293 e. The van der Waals surface area contributed by atoms with Gasteiger partial charge in [0.05, 0.1) is 21.6 Å². The van der Waals surface area contributed by atoms with Crippen LogP contribution in [-0.4, -0.2) is 24.2 Å². The van der Waals surface area contributed by atoms with Gasteiger partial charge in [-0.25, -0.2) is 13.6 Å². The maximum Gasteiger partial charge on any atom is 0.293 e. The molecule has 0 aliphatic carbocycles. The van der Waals surface area contributed by atoms with E-state index in [-0.39, 0.29) is 34.4 Å². The molecular formula is C21H21N5O5S. The molecule has 1 atom stereocenters. The number of primary sulfonamides is 1. The maximum atomic E-state index is 12.5. The molecule has 0 fully saturated rings. The van der Waals surface area contributed by atoms with Gasteiger partial charge in [0.2, 0.25) is 10.0 Å². The number of nitrogens with one attached hydrogen (secondary N) is 2. The molecule has 1 unspecified atom stereocenters. The van der Waals surface area contributed by atoms with Crippen LogP contribution in [0.25, 0.3) is 0 Å². The highest BCUT2D eigenvalue weighted by Crippen LogP contribution is 2.29. The lowest BCUT2D eigenvalue weighted by atomic mass is 10.1. The topological polar surface area (TPSA) is 157 Å². The summed E-state index contributed by atoms with van der Waals surface area (Å²) in [7, 11) is -3.87. The minimum atomic E-state index is -3.87. The Morgan fingerprint density at radius 2 is 1.94 bits per heavy atom. The number of aromatic nitrogens is 1. The normalized spacial score (nSPS) is 12.1. The summed E-state index contributed by atoms with van der Waals surface area (Å²) in [6.07, 6.45) is 1.63. The average Bonchev–Trinajstić information content (AvgIpc) is 2.77. The SMILES string of the molecule is CC(Nc1ccc(C(=O)NCc2cccc(S(N)(=O)=O)c2)cc1[N+](=O)[O-])c1ccccn1. The highest BCUT2D eigenvalue weighted by molar-refractivity contribution is 7.89. The fourth-order valence-electron chi connectivity index (χ4n) is 3.00. The van der Waals surface area contributed by atoms with Crippen molar-refractivity contribution in [1.82, 2.24) is 10.3 Å². The quantitative estimate of drug-likeness (QED) is 0.348. The molecule has 0 saturated heterocycles. The van der Waals surface area contributed by atoms with Gasteiger partial charge in [-0.3, -0.25) is 19.9 Å². The van der Waals surface area contributed by atoms with Crippen LogP contribution in [0.2, 0.25) is 0 Å². The molecule has 4 N–H and O–H groups in total. The highest BCUT2D eigenvalue weighted by Gasteiger charge is 2.20. The molecule has 1 aromatic heterocycles. The standard InChI is InChI=1S/C21H21N5O5S/c1-14(18-7-2-3-10-23-18)25-19-9-8-16(12-20(19)26(28)29)21(27)24-13-15-5-4-6-17(11-15)32(22,30)31/h2-12,14,25H,13H2,1H3,(H,24,27)(H2,22,30,31). The van der Waals surface area contributed by atoms with Gasteiger partial charge < -0.3 is 10.6 Å². The number of anilines is 1. The van der Waals surface area contributed by atoms with Crippen LogP contribution >= 0.6 is 0 Å². The van der Waals surface area contributed by atoms with E-state index < -0.39 is 20.9 Å². The predicted octanol–water partition coefficient (Wildman–Crippen LogP) is 2.74. The number of nitro benzene ring substituents is 1. The van der Waals surface area contributed by atoms with E-state index in [1.165, 1.54) is 36.4 Å². The van der Waals surface area contributed by atoms with Gasteiger partial charge >= 0.3 is 0 Å². The Kier molecular flexibility index (Phi) is 6.81. The summed E-state index contributed by atoms with van der Waals surface area (Å²) in [4.78, 5) is 27.7. The third kappa shape index (κ3) is 5.65. The lowest BCUT2D eigenvalue weighted by Gasteiger charge is -2.15. The minimum absolute atomic E-state index is 0.0205. The molecule has 3 aromatic rings. The molecule has 166 valence electrons. The van der Waals surface area contributed by atoms with Gasteiger partial charge in [-0.05, 0) is 48.9 Å². The van der Waals surface area contributed by atoms with Crippen LogP contribution in [0.4, 0.5) is 11.4 Å². The van der Waals surface area contributed by atoms with E-state index in [1.807, 2.05) is 13.0 Å². The molecule has 1 heterocycles. The molecule has 0 spiro atoms. The third-order valence-corrected chi connectivity index (χ3v) is 5.55. The van der Waals surface area contributed by atoms with Gasteiger partial charge in [0.1, 0.15) is 5.69 Å². The Bertz CT molecular complexity index is 1250. The van der Waals surface area contributed by atoms with E-state index in [0.29, 0.717) is 11.3 Å². The number of rotatable bonds is 8. The number of pyridine rings is 1. The summed E-state index contributed by atoms with van der Waals surface area (Å²) in [5.74, 6) is -0.543. The number of benzene rings is 2. The first-order valence-electron chi connectivity index (χ1n) is 9.51. The number of nitrogens with two attached hydrogens (primary N) is 1. The van der Waals surface area contributed by atoms with Crippen LogP contribution in [-0.2, 0) is 16.6 Å². The van der Waals surface area contributed by atoms with E-state index in [0.717, 1.165) is 0 Å². The van der Waals surface area contributed by atoms with Crippen LogP contribution in [0.5, 0.6) is 0 Å². The minimum Gasteiger partial charge on any atom is -0.371 e. The second kappa shape index (κ2) is 9.54. The van der Waals surface area contributed by atoms with E-state index >= 15 is 0 Å². The molecule has 3 rings (SSSR count). The van der Waals surface area contributed by atoms with Crippen molar-refractivity contribution in [3.05, 3.63) is 93.8 Å². The molecule has 10 nitrogen and oxygen atoms in total. The van der Waals surface area contributed by atoms with Crippen molar-refractivity contribution < 1.29 is 18.1 Å². The first-order chi connectivity index (χ1) is 15.1. The molecule has 1 amide bonds. The van der Waals surface area contributed by atoms with Crippen molar-refractivity contribution >= 4 is 27.3 Å². The Labute approximate surface area is 184 Å². The summed E-state index contributed by atoms with van der Waals surface area (Å²) < 4.78 is 22.9. The van der Waals surface area contributed by atoms with Gasteiger partial charge in [0, 0.05) is 24.4 Å². The van der Waals surface area contributed by atoms with Crippen LogP contribution < -0.4 is 15.8 Å². The third-order valence-electron chi connectivity index (χ3n) is 4.64. The molecule has 2 aromatic carbocycles. The van der Waals surface area contributed by atoms with Crippen LogP contribution in [0.1, 0.15) is 34.6 Å². The zero-order valence-electron chi connectivity index (χ0n) is 17.1. The summed E-state index contributed by atoms with van der Waals surface area (Å²) >= 11 is 0. The molecule has 32 heavy (non-hydrogen) atoms. The average molecular weight is 455 g/mol. The van der Waals surface area contributed by atoms with Crippen LogP contribution in [0.3, 0.4) is 0 Å². The van der Waals surface area contributed by atoms with Crippen molar-refractivity contribution in [2.75, 3.05) is 5.32 Å². The lowest BCUT2D eigenvalue weighted by Crippen LogP contribution is -2.23. The number of carbonyl (C=O) groups is 1. The number of carbonyl (C=O) groups excluding carboxylic acids is 1. The number of amides is 1. The summed E-state index contributed by atoms with van der Waals surface area (Å²) in [5.41, 5.74) is 1.32. The molecule has 0 bridgehead atoms. The van der Waals surface area contributed by atoms with Crippen LogP contribution in [0, 0.1) is 10.1 Å². The van der Waals surface area contributed by atoms with Gasteiger partial charge in [-0.2, -0.15) is 0 Å². The van der Waals surface area contributed by atoms with E-state index in [1.54, 1.807) is 24.4 Å². The molecule has 0 aliphatic rings. The zero-order valence-corrected chi connectivity index (χ0v) is 17.9. The summed E-state index contributed by atoms with van der Waals surface area (Å²) in [5, 5.41) is 22.4. The van der Waals surface area contributed by atoms with E-state index in [2.05, 4.69) is 15.6 Å². The monoisotopic (exact) mass is 455 g/mol. The fraction of sp³-hybridized carbons (Fsp3) is 0.143. The first-order valence-corrected chi connectivity index (χ1v) is 11.1. The number of sulfonamides is 1. The summed E-state index contributed by atoms with van der Waals surface area (Å²) in [6, 6.07) is 15.1. The fourth-order valence-corrected chi connectivity index (χ4v) is 3.59.